The lowest BCUT2D eigenvalue weighted by Gasteiger charge is -2.15. The zero-order valence-corrected chi connectivity index (χ0v) is 16.3. The average Bonchev–Trinajstić information content (AvgIpc) is 2.57. The number of pyridine rings is 1. The van der Waals surface area contributed by atoms with E-state index in [4.69, 9.17) is 20.3 Å². The quantitative estimate of drug-likeness (QED) is 0.198. The van der Waals surface area contributed by atoms with Gasteiger partial charge in [0.2, 0.25) is 0 Å². The van der Waals surface area contributed by atoms with Crippen LogP contribution in [-0.4, -0.2) is 56.8 Å². The molecule has 10 nitrogen and oxygen atoms in total. The highest BCUT2D eigenvalue weighted by Gasteiger charge is 2.23. The van der Waals surface area contributed by atoms with E-state index in [0.29, 0.717) is 12.2 Å². The number of carbonyl (C=O) groups is 1. The summed E-state index contributed by atoms with van der Waals surface area (Å²) < 4.78 is 20.1. The van der Waals surface area contributed by atoms with Crippen molar-refractivity contribution in [3.8, 4) is 5.75 Å². The second-order valence-electron chi connectivity index (χ2n) is 5.19. The first-order chi connectivity index (χ1) is 12.1. The summed E-state index contributed by atoms with van der Waals surface area (Å²) in [6.45, 7) is 0.968. The van der Waals surface area contributed by atoms with E-state index < -0.39 is 26.4 Å². The van der Waals surface area contributed by atoms with E-state index in [0.717, 1.165) is 0 Å². The molecule has 5 N–H and O–H groups in total. The lowest BCUT2D eigenvalue weighted by atomic mass is 10.1. The number of phosphoric acid groups is 1. The van der Waals surface area contributed by atoms with Gasteiger partial charge < -0.3 is 25.4 Å². The van der Waals surface area contributed by atoms with Crippen LogP contribution in [0.1, 0.15) is 23.2 Å². The molecule has 0 aliphatic heterocycles. The Morgan fingerprint density at radius 1 is 1.50 bits per heavy atom. The SMILES string of the molecule is COC(=O)[C@H](CCSC)N=C(N)c1c(COP(=O)(O)O)cnc(C)c1O. The van der Waals surface area contributed by atoms with E-state index in [-0.39, 0.29) is 28.4 Å². The van der Waals surface area contributed by atoms with Crippen molar-refractivity contribution in [1.29, 1.82) is 0 Å². The Morgan fingerprint density at radius 3 is 2.69 bits per heavy atom. The molecule has 0 aliphatic rings. The van der Waals surface area contributed by atoms with Crippen molar-refractivity contribution in [2.24, 2.45) is 10.7 Å². The summed E-state index contributed by atoms with van der Waals surface area (Å²) in [5.41, 5.74) is 6.32. The Bertz CT molecular complexity index is 723. The highest BCUT2D eigenvalue weighted by molar-refractivity contribution is 7.98. The highest BCUT2D eigenvalue weighted by atomic mass is 32.2. The molecule has 1 aromatic rings. The maximum atomic E-state index is 11.9. The first kappa shape index (κ1) is 22.4. The minimum absolute atomic E-state index is 0.00371. The van der Waals surface area contributed by atoms with E-state index in [2.05, 4.69) is 14.5 Å². The monoisotopic (exact) mass is 407 g/mol. The van der Waals surface area contributed by atoms with Crippen LogP contribution >= 0.6 is 19.6 Å². The fourth-order valence-corrected chi connectivity index (χ4v) is 2.78. The number of methoxy groups -OCH3 is 1. The molecule has 0 fully saturated rings. The highest BCUT2D eigenvalue weighted by Crippen LogP contribution is 2.38. The van der Waals surface area contributed by atoms with Crippen LogP contribution < -0.4 is 5.73 Å². The fraction of sp³-hybridized carbons (Fsp3) is 0.500. The number of thioether (sulfide) groups is 1. The molecule has 0 unspecified atom stereocenters. The summed E-state index contributed by atoms with van der Waals surface area (Å²) in [5.74, 6) is -0.452. The number of aromatic hydroxyl groups is 1. The molecule has 1 atom stereocenters. The van der Waals surface area contributed by atoms with Crippen LogP contribution in [0.2, 0.25) is 0 Å². The van der Waals surface area contributed by atoms with Crippen molar-refractivity contribution in [2.75, 3.05) is 19.1 Å². The molecule has 0 saturated carbocycles. The van der Waals surface area contributed by atoms with Gasteiger partial charge in [0.05, 0.1) is 25.0 Å². The normalized spacial score (nSPS) is 13.5. The van der Waals surface area contributed by atoms with Crippen LogP contribution in [-0.2, 0) is 25.2 Å². The van der Waals surface area contributed by atoms with Crippen LogP contribution in [0, 0.1) is 6.92 Å². The van der Waals surface area contributed by atoms with Gasteiger partial charge in [0.15, 0.2) is 6.04 Å². The lowest BCUT2D eigenvalue weighted by molar-refractivity contribution is -0.142. The summed E-state index contributed by atoms with van der Waals surface area (Å²) >= 11 is 1.52. The number of phosphoric ester groups is 1. The van der Waals surface area contributed by atoms with E-state index in [1.165, 1.54) is 32.0 Å². The molecule has 12 heteroatoms. The maximum Gasteiger partial charge on any atom is 0.469 e. The summed E-state index contributed by atoms with van der Waals surface area (Å²) in [5, 5.41) is 10.3. The Hall–Kier alpha value is -1.65. The molecule has 1 heterocycles. The van der Waals surface area contributed by atoms with Crippen molar-refractivity contribution in [2.45, 2.75) is 26.0 Å². The van der Waals surface area contributed by atoms with E-state index >= 15 is 0 Å². The number of amidine groups is 1. The Morgan fingerprint density at radius 2 is 2.15 bits per heavy atom. The molecule has 26 heavy (non-hydrogen) atoms. The van der Waals surface area contributed by atoms with Crippen LogP contribution in [0.5, 0.6) is 5.75 Å². The number of rotatable bonds is 9. The third-order valence-corrected chi connectivity index (χ3v) is 4.43. The fourth-order valence-electron chi connectivity index (χ4n) is 2.02. The Kier molecular flexibility index (Phi) is 8.51. The Labute approximate surface area is 155 Å². The molecule has 0 bridgehead atoms. The van der Waals surface area contributed by atoms with Gasteiger partial charge in [-0.05, 0) is 25.4 Å². The van der Waals surface area contributed by atoms with Gasteiger partial charge in [0.25, 0.3) is 0 Å². The smallest absolute Gasteiger partial charge is 0.469 e. The van der Waals surface area contributed by atoms with Crippen molar-refractivity contribution >= 4 is 31.4 Å². The van der Waals surface area contributed by atoms with Crippen LogP contribution in [0.15, 0.2) is 11.2 Å². The predicted molar refractivity (Wildman–Crippen MR) is 97.0 cm³/mol. The molecule has 1 aromatic heterocycles. The molecule has 0 aromatic carbocycles. The van der Waals surface area contributed by atoms with Crippen LogP contribution in [0.25, 0.3) is 0 Å². The van der Waals surface area contributed by atoms with Crippen LogP contribution in [0.3, 0.4) is 0 Å². The third kappa shape index (κ3) is 6.58. The number of aliphatic imine (C=N–C) groups is 1. The third-order valence-electron chi connectivity index (χ3n) is 3.32. The number of hydrogen-bond donors (Lipinski definition) is 4. The second-order valence-corrected chi connectivity index (χ2v) is 7.42. The summed E-state index contributed by atoms with van der Waals surface area (Å²) in [6.07, 6.45) is 3.50. The Balaban J connectivity index is 3.29. The van der Waals surface area contributed by atoms with Gasteiger partial charge in [-0.3, -0.25) is 14.5 Å². The number of nitrogens with two attached hydrogens (primary N) is 1. The largest absolute Gasteiger partial charge is 0.505 e. The lowest BCUT2D eigenvalue weighted by Crippen LogP contribution is -2.27. The maximum absolute atomic E-state index is 11.9. The second kappa shape index (κ2) is 9.89. The zero-order valence-electron chi connectivity index (χ0n) is 14.6. The van der Waals surface area contributed by atoms with Crippen molar-refractivity contribution in [3.05, 3.63) is 23.0 Å². The van der Waals surface area contributed by atoms with Crippen molar-refractivity contribution in [1.82, 2.24) is 4.98 Å². The van der Waals surface area contributed by atoms with Gasteiger partial charge in [0, 0.05) is 11.8 Å². The molecular formula is C14H22N3O7PS. The topological polar surface area (TPSA) is 165 Å². The van der Waals surface area contributed by atoms with Gasteiger partial charge >= 0.3 is 13.8 Å². The predicted octanol–water partition coefficient (Wildman–Crippen LogP) is 0.705. The van der Waals surface area contributed by atoms with Gasteiger partial charge in [-0.2, -0.15) is 11.8 Å². The number of esters is 1. The number of aromatic nitrogens is 1. The number of nitrogens with zero attached hydrogens (tertiary/aromatic N) is 2. The molecular weight excluding hydrogens is 385 g/mol. The number of hydrogen-bond acceptors (Lipinski definition) is 8. The number of aryl methyl sites for hydroxylation is 1. The van der Waals surface area contributed by atoms with E-state index in [9.17, 15) is 14.5 Å². The minimum Gasteiger partial charge on any atom is -0.505 e. The first-order valence-corrected chi connectivity index (χ1v) is 10.3. The summed E-state index contributed by atoms with van der Waals surface area (Å²) in [6, 6.07) is -0.879. The van der Waals surface area contributed by atoms with Crippen LogP contribution in [0.4, 0.5) is 0 Å². The van der Waals surface area contributed by atoms with Gasteiger partial charge in [-0.25, -0.2) is 9.36 Å². The first-order valence-electron chi connectivity index (χ1n) is 7.38. The molecule has 0 saturated heterocycles. The number of ether oxygens (including phenoxy) is 1. The van der Waals surface area contributed by atoms with Crippen molar-refractivity contribution < 1.29 is 33.5 Å². The molecule has 1 rings (SSSR count). The standard InChI is InChI=1S/C14H22N3O7PS/c1-8-12(18)11(9(6-16-8)7-24-25(20,21)22)13(15)17-10(4-5-26-3)14(19)23-2/h6,10,18H,4-5,7H2,1-3H3,(H2,15,17)(H2,20,21,22)/t10-/m0/s1. The van der Waals surface area contributed by atoms with Gasteiger partial charge in [-0.1, -0.05) is 0 Å². The minimum atomic E-state index is -4.74. The number of carbonyl (C=O) groups excluding carboxylic acids is 1. The summed E-state index contributed by atoms with van der Waals surface area (Å²) in [7, 11) is -3.51. The van der Waals surface area contributed by atoms with E-state index in [1.54, 1.807) is 0 Å². The molecule has 0 aliphatic carbocycles. The van der Waals surface area contributed by atoms with Gasteiger partial charge in [-0.15, -0.1) is 0 Å². The molecule has 0 spiro atoms. The summed E-state index contributed by atoms with van der Waals surface area (Å²) in [4.78, 5) is 37.6. The molecule has 146 valence electrons. The average molecular weight is 407 g/mol. The zero-order chi connectivity index (χ0) is 19.9. The molecule has 0 amide bonds. The van der Waals surface area contributed by atoms with E-state index in [1.807, 2.05) is 6.26 Å². The van der Waals surface area contributed by atoms with Crippen molar-refractivity contribution in [3.63, 3.8) is 0 Å². The molecule has 0 radical (unpaired) electrons. The van der Waals surface area contributed by atoms with Gasteiger partial charge in [0.1, 0.15) is 11.6 Å².